The first-order valence-corrected chi connectivity index (χ1v) is 9.90. The van der Waals surface area contributed by atoms with Crippen molar-refractivity contribution in [2.24, 2.45) is 0 Å². The number of ether oxygens (including phenoxy) is 1. The van der Waals surface area contributed by atoms with Gasteiger partial charge in [-0.25, -0.2) is 0 Å². The molecule has 0 rings (SSSR count). The molecule has 0 bridgehead atoms. The van der Waals surface area contributed by atoms with Crippen LogP contribution in [-0.2, 0) is 9.53 Å². The van der Waals surface area contributed by atoms with Crippen molar-refractivity contribution in [1.82, 2.24) is 0 Å². The third-order valence-corrected chi connectivity index (χ3v) is 4.26. The van der Waals surface area contributed by atoms with Crippen LogP contribution >= 0.6 is 0 Å². The van der Waals surface area contributed by atoms with Gasteiger partial charge in [-0.3, -0.25) is 4.79 Å². The van der Waals surface area contributed by atoms with E-state index in [0.29, 0.717) is 5.78 Å². The third kappa shape index (κ3) is 17.7. The highest BCUT2D eigenvalue weighted by atomic mass is 16.5. The number of rotatable bonds is 18. The molecule has 0 spiro atoms. The SMILES string of the molecule is CCCCCCC(=O)CCCCCCCCCCCOCC. The van der Waals surface area contributed by atoms with Gasteiger partial charge in [0.25, 0.3) is 0 Å². The topological polar surface area (TPSA) is 26.3 Å². The summed E-state index contributed by atoms with van der Waals surface area (Å²) in [6.45, 7) is 6.05. The largest absolute Gasteiger partial charge is 0.382 e. The van der Waals surface area contributed by atoms with E-state index in [-0.39, 0.29) is 0 Å². The molecule has 2 heteroatoms. The molecule has 0 aliphatic carbocycles. The highest BCUT2D eigenvalue weighted by molar-refractivity contribution is 5.78. The maximum atomic E-state index is 11.7. The Morgan fingerprint density at radius 3 is 1.59 bits per heavy atom. The van der Waals surface area contributed by atoms with Crippen LogP contribution in [0.1, 0.15) is 110 Å². The maximum Gasteiger partial charge on any atom is 0.132 e. The zero-order valence-corrected chi connectivity index (χ0v) is 15.3. The van der Waals surface area contributed by atoms with Gasteiger partial charge in [0.15, 0.2) is 0 Å². The average molecular weight is 313 g/mol. The lowest BCUT2D eigenvalue weighted by atomic mass is 10.0. The molecule has 0 amide bonds. The quantitative estimate of drug-likeness (QED) is 0.271. The van der Waals surface area contributed by atoms with Gasteiger partial charge >= 0.3 is 0 Å². The first kappa shape index (κ1) is 21.6. The number of unbranched alkanes of at least 4 members (excludes halogenated alkanes) is 11. The molecule has 0 saturated carbocycles. The minimum absolute atomic E-state index is 0.491. The number of hydrogen-bond acceptors (Lipinski definition) is 2. The van der Waals surface area contributed by atoms with E-state index in [2.05, 4.69) is 13.8 Å². The third-order valence-electron chi connectivity index (χ3n) is 4.26. The lowest BCUT2D eigenvalue weighted by Crippen LogP contribution is -1.97. The van der Waals surface area contributed by atoms with Gasteiger partial charge < -0.3 is 4.74 Å². The van der Waals surface area contributed by atoms with E-state index >= 15 is 0 Å². The average Bonchev–Trinajstić information content (AvgIpc) is 2.52. The van der Waals surface area contributed by atoms with Crippen LogP contribution in [0.4, 0.5) is 0 Å². The molecule has 132 valence electrons. The Kier molecular flexibility index (Phi) is 18.4. The van der Waals surface area contributed by atoms with Crippen LogP contribution in [0.5, 0.6) is 0 Å². The molecule has 0 aliphatic heterocycles. The molecule has 0 aromatic rings. The second-order valence-electron chi connectivity index (χ2n) is 6.48. The Morgan fingerprint density at radius 1 is 0.636 bits per heavy atom. The molecule has 0 radical (unpaired) electrons. The van der Waals surface area contributed by atoms with E-state index < -0.39 is 0 Å². The number of hydrogen-bond donors (Lipinski definition) is 0. The molecular weight excluding hydrogens is 272 g/mol. The maximum absolute atomic E-state index is 11.7. The molecule has 0 aliphatic rings. The molecule has 0 heterocycles. The monoisotopic (exact) mass is 312 g/mol. The Balaban J connectivity index is 3.08. The summed E-state index contributed by atoms with van der Waals surface area (Å²) in [5.41, 5.74) is 0. The Bertz CT molecular complexity index is 226. The van der Waals surface area contributed by atoms with E-state index in [9.17, 15) is 4.79 Å². The van der Waals surface area contributed by atoms with Crippen molar-refractivity contribution in [2.75, 3.05) is 13.2 Å². The van der Waals surface area contributed by atoms with Crippen molar-refractivity contribution < 1.29 is 9.53 Å². The Labute approximate surface area is 139 Å². The van der Waals surface area contributed by atoms with E-state index in [1.165, 1.54) is 70.6 Å². The molecule has 22 heavy (non-hydrogen) atoms. The fourth-order valence-corrected chi connectivity index (χ4v) is 2.78. The van der Waals surface area contributed by atoms with Crippen molar-refractivity contribution in [3.63, 3.8) is 0 Å². The minimum atomic E-state index is 0.491. The first-order chi connectivity index (χ1) is 10.8. The van der Waals surface area contributed by atoms with Gasteiger partial charge in [-0.05, 0) is 26.2 Å². The van der Waals surface area contributed by atoms with Gasteiger partial charge in [0.05, 0.1) is 0 Å². The van der Waals surface area contributed by atoms with Crippen LogP contribution < -0.4 is 0 Å². The number of Topliss-reactive ketones (excluding diaryl/α,β-unsaturated/α-hetero) is 1. The molecule has 0 atom stereocenters. The van der Waals surface area contributed by atoms with Crippen molar-refractivity contribution >= 4 is 5.78 Å². The molecule has 0 aromatic carbocycles. The van der Waals surface area contributed by atoms with Gasteiger partial charge in [-0.1, -0.05) is 71.1 Å². The predicted molar refractivity (Wildman–Crippen MR) is 96.4 cm³/mol. The Hall–Kier alpha value is -0.370. The highest BCUT2D eigenvalue weighted by Gasteiger charge is 2.01. The number of carbonyl (C=O) groups is 1. The molecule has 0 fully saturated rings. The van der Waals surface area contributed by atoms with Crippen LogP contribution in [0, 0.1) is 0 Å². The summed E-state index contributed by atoms with van der Waals surface area (Å²) in [6, 6.07) is 0. The zero-order valence-electron chi connectivity index (χ0n) is 15.3. The van der Waals surface area contributed by atoms with Crippen molar-refractivity contribution in [3.05, 3.63) is 0 Å². The van der Waals surface area contributed by atoms with Crippen molar-refractivity contribution in [1.29, 1.82) is 0 Å². The molecule has 0 unspecified atom stereocenters. The summed E-state index contributed by atoms with van der Waals surface area (Å²) >= 11 is 0. The van der Waals surface area contributed by atoms with Gasteiger partial charge in [0.2, 0.25) is 0 Å². The smallest absolute Gasteiger partial charge is 0.132 e. The summed E-state index contributed by atoms with van der Waals surface area (Å²) in [7, 11) is 0. The first-order valence-electron chi connectivity index (χ1n) is 9.90. The fraction of sp³-hybridized carbons (Fsp3) is 0.950. The number of ketones is 1. The van der Waals surface area contributed by atoms with E-state index in [1.54, 1.807) is 0 Å². The standard InChI is InChI=1S/C20H40O2/c1-3-5-6-14-17-20(21)18-15-12-10-8-7-9-11-13-16-19-22-4-2/h3-19H2,1-2H3. The van der Waals surface area contributed by atoms with Crippen LogP contribution in [0.3, 0.4) is 0 Å². The second kappa shape index (κ2) is 18.7. The summed E-state index contributed by atoms with van der Waals surface area (Å²) < 4.78 is 5.33. The van der Waals surface area contributed by atoms with Crippen LogP contribution in [0.2, 0.25) is 0 Å². The second-order valence-corrected chi connectivity index (χ2v) is 6.48. The molecule has 2 nitrogen and oxygen atoms in total. The van der Waals surface area contributed by atoms with Gasteiger partial charge in [0, 0.05) is 26.1 Å². The lowest BCUT2D eigenvalue weighted by molar-refractivity contribution is -0.119. The lowest BCUT2D eigenvalue weighted by Gasteiger charge is -2.03. The van der Waals surface area contributed by atoms with Crippen LogP contribution in [-0.4, -0.2) is 19.0 Å². The van der Waals surface area contributed by atoms with Crippen molar-refractivity contribution in [3.8, 4) is 0 Å². The Morgan fingerprint density at radius 2 is 1.09 bits per heavy atom. The van der Waals surface area contributed by atoms with Gasteiger partial charge in [0.1, 0.15) is 5.78 Å². The summed E-state index contributed by atoms with van der Waals surface area (Å²) in [4.78, 5) is 11.7. The molecule has 0 N–H and O–H groups in total. The molecule has 0 saturated heterocycles. The molecule has 0 aromatic heterocycles. The van der Waals surface area contributed by atoms with Gasteiger partial charge in [-0.15, -0.1) is 0 Å². The minimum Gasteiger partial charge on any atom is -0.382 e. The molecular formula is C20H40O2. The van der Waals surface area contributed by atoms with E-state index in [1.807, 2.05) is 0 Å². The summed E-state index contributed by atoms with van der Waals surface area (Å²) in [6.07, 6.45) is 18.1. The van der Waals surface area contributed by atoms with E-state index in [4.69, 9.17) is 4.74 Å². The van der Waals surface area contributed by atoms with Gasteiger partial charge in [-0.2, -0.15) is 0 Å². The van der Waals surface area contributed by atoms with E-state index in [0.717, 1.165) is 38.9 Å². The number of carbonyl (C=O) groups excluding carboxylic acids is 1. The predicted octanol–water partition coefficient (Wildman–Crippen LogP) is 6.46. The van der Waals surface area contributed by atoms with Crippen molar-refractivity contribution in [2.45, 2.75) is 110 Å². The normalized spacial score (nSPS) is 11.0. The van der Waals surface area contributed by atoms with Crippen LogP contribution in [0.25, 0.3) is 0 Å². The summed E-state index contributed by atoms with van der Waals surface area (Å²) in [5.74, 6) is 0.491. The summed E-state index contributed by atoms with van der Waals surface area (Å²) in [5, 5.41) is 0. The van der Waals surface area contributed by atoms with Crippen LogP contribution in [0.15, 0.2) is 0 Å². The zero-order chi connectivity index (χ0) is 16.3. The fourth-order valence-electron chi connectivity index (χ4n) is 2.78. The highest BCUT2D eigenvalue weighted by Crippen LogP contribution is 2.12.